The first kappa shape index (κ1) is 19.0. The molecule has 2 atom stereocenters. The predicted molar refractivity (Wildman–Crippen MR) is 82.6 cm³/mol. The third kappa shape index (κ3) is 3.55. The maximum atomic E-state index is 13.0. The number of carboxylic acid groups (broad SMARTS) is 1. The lowest BCUT2D eigenvalue weighted by Gasteiger charge is -2.17. The van der Waals surface area contributed by atoms with Crippen LogP contribution in [-0.4, -0.2) is 46.1 Å². The summed E-state index contributed by atoms with van der Waals surface area (Å²) in [5.41, 5.74) is 1.46. The largest absolute Gasteiger partial charge is 0.481 e. The minimum Gasteiger partial charge on any atom is -0.481 e. The zero-order chi connectivity index (χ0) is 17.6. The molecule has 2 aromatic rings. The molecule has 0 radical (unpaired) electrons. The number of likely N-dealkylation sites (tertiary alicyclic amines) is 1. The maximum absolute atomic E-state index is 13.0. The lowest BCUT2D eigenvalue weighted by Crippen LogP contribution is -2.34. The lowest BCUT2D eigenvalue weighted by molar-refractivity contribution is -0.187. The van der Waals surface area contributed by atoms with Crippen molar-refractivity contribution >= 4 is 35.4 Å². The first-order valence-electron chi connectivity index (χ1n) is 7.13. The van der Waals surface area contributed by atoms with Crippen molar-refractivity contribution < 1.29 is 32.3 Å². The number of fused-ring (bicyclic) bond motifs is 1. The first-order chi connectivity index (χ1) is 11.2. The summed E-state index contributed by atoms with van der Waals surface area (Å²) in [6.45, 7) is 0.532. The van der Waals surface area contributed by atoms with Gasteiger partial charge in [-0.25, -0.2) is 4.98 Å². The van der Waals surface area contributed by atoms with E-state index in [-0.39, 0.29) is 18.2 Å². The molecule has 1 saturated heterocycles. The van der Waals surface area contributed by atoms with Gasteiger partial charge in [0, 0.05) is 24.8 Å². The Kier molecular flexibility index (Phi) is 4.99. The lowest BCUT2D eigenvalue weighted by atomic mass is 9.96. The van der Waals surface area contributed by atoms with Gasteiger partial charge in [-0.2, -0.15) is 13.2 Å². The van der Waals surface area contributed by atoms with Crippen LogP contribution in [0.25, 0.3) is 11.1 Å². The van der Waals surface area contributed by atoms with Gasteiger partial charge < -0.3 is 14.4 Å². The molecule has 3 heterocycles. The van der Waals surface area contributed by atoms with Crippen LogP contribution in [-0.2, 0) is 4.79 Å². The molecule has 0 spiro atoms. The molecule has 1 amide bonds. The second-order valence-electron chi connectivity index (χ2n) is 5.75. The Bertz CT molecular complexity index is 821. The van der Waals surface area contributed by atoms with Crippen LogP contribution in [0.4, 0.5) is 13.2 Å². The molecule has 0 saturated carbocycles. The number of rotatable bonds is 2. The second-order valence-corrected chi connectivity index (χ2v) is 5.75. The molecule has 0 aliphatic carbocycles. The summed E-state index contributed by atoms with van der Waals surface area (Å²) in [6.07, 6.45) is -4.69. The van der Waals surface area contributed by atoms with E-state index in [1.165, 1.54) is 6.07 Å². The van der Waals surface area contributed by atoms with Crippen molar-refractivity contribution in [2.45, 2.75) is 13.1 Å². The zero-order valence-corrected chi connectivity index (χ0v) is 13.7. The Hall–Kier alpha value is -2.29. The molecule has 1 aliphatic rings. The quantitative estimate of drug-likeness (QED) is 0.868. The molecule has 3 rings (SSSR count). The van der Waals surface area contributed by atoms with Crippen molar-refractivity contribution in [3.8, 4) is 0 Å². The summed E-state index contributed by atoms with van der Waals surface area (Å²) in [5.74, 6) is -6.28. The van der Waals surface area contributed by atoms with E-state index in [0.717, 1.165) is 4.90 Å². The molecule has 1 N–H and O–H groups in total. The van der Waals surface area contributed by atoms with Crippen molar-refractivity contribution in [2.75, 3.05) is 13.1 Å². The van der Waals surface area contributed by atoms with Crippen LogP contribution in [0.2, 0.25) is 0 Å². The molecule has 1 fully saturated rings. The molecule has 136 valence electrons. The van der Waals surface area contributed by atoms with Gasteiger partial charge in [0.2, 0.25) is 0 Å². The average Bonchev–Trinajstić information content (AvgIpc) is 3.09. The number of aliphatic carboxylic acids is 1. The Morgan fingerprint density at radius 3 is 2.56 bits per heavy atom. The molecule has 0 aromatic carbocycles. The van der Waals surface area contributed by atoms with Crippen molar-refractivity contribution in [3.63, 3.8) is 0 Å². The van der Waals surface area contributed by atoms with Crippen molar-refractivity contribution in [3.05, 3.63) is 29.7 Å². The summed E-state index contributed by atoms with van der Waals surface area (Å²) >= 11 is 0. The molecule has 2 aromatic heterocycles. The molecule has 6 nitrogen and oxygen atoms in total. The Morgan fingerprint density at radius 2 is 2.00 bits per heavy atom. The van der Waals surface area contributed by atoms with Crippen molar-refractivity contribution in [1.29, 1.82) is 0 Å². The number of halogens is 4. The van der Waals surface area contributed by atoms with E-state index in [9.17, 15) is 22.8 Å². The van der Waals surface area contributed by atoms with Gasteiger partial charge >= 0.3 is 12.1 Å². The number of alkyl halides is 3. The topological polar surface area (TPSA) is 83.6 Å². The minimum atomic E-state index is -4.69. The van der Waals surface area contributed by atoms with Crippen LogP contribution in [0.15, 0.2) is 22.6 Å². The Balaban J connectivity index is 0.00000225. The third-order valence-electron chi connectivity index (χ3n) is 4.07. The van der Waals surface area contributed by atoms with E-state index < -0.39 is 43.0 Å². The van der Waals surface area contributed by atoms with Gasteiger partial charge in [-0.15, -0.1) is 12.4 Å². The number of amides is 1. The van der Waals surface area contributed by atoms with Crippen molar-refractivity contribution in [1.82, 2.24) is 9.88 Å². The molecular formula is C15H14ClF3N2O4. The SMILES string of the molecule is Cc1ccc2oc(C(=O)N3C[C@@H](C(F)(F)F)[C@H](C(=O)O)C3)cc2n1.Cl. The van der Waals surface area contributed by atoms with Gasteiger partial charge in [0.25, 0.3) is 5.91 Å². The molecule has 1 aliphatic heterocycles. The van der Waals surface area contributed by atoms with Gasteiger partial charge in [-0.1, -0.05) is 0 Å². The minimum absolute atomic E-state index is 0. The number of nitrogens with zero attached hydrogens (tertiary/aromatic N) is 2. The number of carbonyl (C=O) groups excluding carboxylic acids is 1. The standard InChI is InChI=1S/C15H13F3N2O4.ClH/c1-7-2-3-11-10(19-7)4-12(24-11)13(21)20-5-8(14(22)23)9(6-20)15(16,17)18;/h2-4,8-9H,5-6H2,1H3,(H,22,23);1H/t8-,9-;/m1./s1. The Labute approximate surface area is 146 Å². The predicted octanol–water partition coefficient (Wildman–Crippen LogP) is 2.89. The number of pyridine rings is 1. The number of hydrogen-bond donors (Lipinski definition) is 1. The normalized spacial score (nSPS) is 20.6. The fraction of sp³-hybridized carbons (Fsp3) is 0.400. The van der Waals surface area contributed by atoms with Crippen LogP contribution in [0.1, 0.15) is 16.2 Å². The van der Waals surface area contributed by atoms with Crippen LogP contribution in [0, 0.1) is 18.8 Å². The summed E-state index contributed by atoms with van der Waals surface area (Å²) in [4.78, 5) is 28.5. The van der Waals surface area contributed by atoms with E-state index in [2.05, 4.69) is 4.98 Å². The number of aromatic nitrogens is 1. The first-order valence-corrected chi connectivity index (χ1v) is 7.13. The summed E-state index contributed by atoms with van der Waals surface area (Å²) in [6, 6.07) is 4.63. The van der Waals surface area contributed by atoms with Gasteiger partial charge in [-0.05, 0) is 19.1 Å². The monoisotopic (exact) mass is 378 g/mol. The van der Waals surface area contributed by atoms with Crippen LogP contribution in [0.5, 0.6) is 0 Å². The van der Waals surface area contributed by atoms with E-state index in [1.54, 1.807) is 19.1 Å². The molecule has 25 heavy (non-hydrogen) atoms. The van der Waals surface area contributed by atoms with Crippen molar-refractivity contribution in [2.24, 2.45) is 11.8 Å². The number of aryl methyl sites for hydroxylation is 1. The highest BCUT2D eigenvalue weighted by molar-refractivity contribution is 5.95. The number of hydrogen-bond acceptors (Lipinski definition) is 4. The van der Waals surface area contributed by atoms with Crippen LogP contribution in [0.3, 0.4) is 0 Å². The third-order valence-corrected chi connectivity index (χ3v) is 4.07. The average molecular weight is 379 g/mol. The van der Waals surface area contributed by atoms with E-state index in [4.69, 9.17) is 9.52 Å². The smallest absolute Gasteiger partial charge is 0.394 e. The van der Waals surface area contributed by atoms with Gasteiger partial charge in [0.1, 0.15) is 5.52 Å². The molecule has 0 bridgehead atoms. The van der Waals surface area contributed by atoms with Gasteiger partial charge in [0.15, 0.2) is 11.3 Å². The summed E-state index contributed by atoms with van der Waals surface area (Å²) in [7, 11) is 0. The second kappa shape index (κ2) is 6.55. The van der Waals surface area contributed by atoms with Crippen LogP contribution >= 0.6 is 12.4 Å². The number of furan rings is 1. The summed E-state index contributed by atoms with van der Waals surface area (Å²) < 4.78 is 44.3. The fourth-order valence-corrected chi connectivity index (χ4v) is 2.84. The van der Waals surface area contributed by atoms with Gasteiger partial charge in [-0.3, -0.25) is 9.59 Å². The molecule has 0 unspecified atom stereocenters. The van der Waals surface area contributed by atoms with E-state index in [1.807, 2.05) is 0 Å². The highest BCUT2D eigenvalue weighted by atomic mass is 35.5. The molecular weight excluding hydrogens is 365 g/mol. The highest BCUT2D eigenvalue weighted by Crippen LogP contribution is 2.38. The Morgan fingerprint density at radius 1 is 1.32 bits per heavy atom. The van der Waals surface area contributed by atoms with E-state index in [0.29, 0.717) is 16.8 Å². The highest BCUT2D eigenvalue weighted by Gasteiger charge is 2.53. The van der Waals surface area contributed by atoms with E-state index >= 15 is 0 Å². The van der Waals surface area contributed by atoms with Crippen LogP contribution < -0.4 is 0 Å². The fourth-order valence-electron chi connectivity index (χ4n) is 2.84. The molecule has 10 heteroatoms. The zero-order valence-electron chi connectivity index (χ0n) is 12.9. The van der Waals surface area contributed by atoms with Gasteiger partial charge in [0.05, 0.1) is 11.8 Å². The number of carboxylic acids is 1. The maximum Gasteiger partial charge on any atom is 0.394 e. The summed E-state index contributed by atoms with van der Waals surface area (Å²) in [5, 5.41) is 8.99. The number of carbonyl (C=O) groups is 2.